The van der Waals surface area contributed by atoms with Crippen LogP contribution in [0.1, 0.15) is 50.6 Å². The Morgan fingerprint density at radius 3 is 2.59 bits per heavy atom. The molecule has 10 heteroatoms. The monoisotopic (exact) mass is 566 g/mol. The molecule has 0 spiro atoms. The molecule has 0 radical (unpaired) electrons. The Balaban J connectivity index is 0.00000189. The SMILES string of the molecule is C#C.C[C@H]1CN(CC2N=C(Nc3ccc(C(C)(C)C)nc3)c3ccc(C4NC=CC=C4C(F)(F)F)cc3N2)CCO1. The predicted molar refractivity (Wildman–Crippen MR) is 158 cm³/mol. The second-order valence-electron chi connectivity index (χ2n) is 11.3. The van der Waals surface area contributed by atoms with E-state index in [1.54, 1.807) is 18.3 Å². The van der Waals surface area contributed by atoms with E-state index in [4.69, 9.17) is 9.73 Å². The largest absolute Gasteiger partial charge is 0.414 e. The van der Waals surface area contributed by atoms with Gasteiger partial charge in [-0.05, 0) is 49.0 Å². The third kappa shape index (κ3) is 7.29. The predicted octanol–water partition coefficient (Wildman–Crippen LogP) is 5.61. The molecule has 0 aliphatic carbocycles. The zero-order valence-electron chi connectivity index (χ0n) is 23.8. The quantitative estimate of drug-likeness (QED) is 0.418. The Morgan fingerprint density at radius 1 is 1.15 bits per heavy atom. The van der Waals surface area contributed by atoms with Crippen molar-refractivity contribution < 1.29 is 17.9 Å². The molecule has 3 aliphatic rings. The van der Waals surface area contributed by atoms with E-state index in [0.29, 0.717) is 24.6 Å². The van der Waals surface area contributed by atoms with E-state index in [2.05, 4.69) is 59.5 Å². The van der Waals surface area contributed by atoms with Gasteiger partial charge < -0.3 is 20.7 Å². The van der Waals surface area contributed by atoms with E-state index in [1.807, 2.05) is 25.1 Å². The third-order valence-corrected chi connectivity index (χ3v) is 7.06. The van der Waals surface area contributed by atoms with Crippen LogP contribution in [0.3, 0.4) is 0 Å². The Hall–Kier alpha value is -3.81. The number of benzene rings is 1. The maximum absolute atomic E-state index is 13.8. The number of nitrogens with zero attached hydrogens (tertiary/aromatic N) is 3. The highest BCUT2D eigenvalue weighted by atomic mass is 19.4. The van der Waals surface area contributed by atoms with Crippen molar-refractivity contribution in [1.82, 2.24) is 15.2 Å². The van der Waals surface area contributed by atoms with Gasteiger partial charge in [-0.25, -0.2) is 4.99 Å². The number of hydrogen-bond acceptors (Lipinski definition) is 7. The molecule has 218 valence electrons. The lowest BCUT2D eigenvalue weighted by molar-refractivity contribution is -0.0967. The topological polar surface area (TPSA) is 73.8 Å². The maximum Gasteiger partial charge on any atom is 0.414 e. The third-order valence-electron chi connectivity index (χ3n) is 7.06. The molecule has 2 aromatic rings. The van der Waals surface area contributed by atoms with Crippen LogP contribution in [0.15, 0.2) is 65.4 Å². The fourth-order valence-electron chi connectivity index (χ4n) is 5.06. The van der Waals surface area contributed by atoms with E-state index < -0.39 is 17.8 Å². The number of fused-ring (bicyclic) bond motifs is 1. The number of halogens is 3. The number of amidine groups is 1. The summed E-state index contributed by atoms with van der Waals surface area (Å²) < 4.78 is 47.0. The lowest BCUT2D eigenvalue weighted by atomic mass is 9.92. The standard InChI is InChI=1S/C29H35F3N6O.C2H2/c1-18-16-38(12-13-39-18)17-25-36-23-14-19(26-22(29(30,31)32)6-5-11-33-26)7-9-21(23)27(37-25)35-20-8-10-24(34-15-20)28(2,3)4;1-2/h5-11,14-15,18,25-26,33,36H,12-13,16-17H2,1-4H3,(H,35,37);1-2H/t18-,25?,26?;/m0./s1. The number of rotatable bonds is 4. The number of alkyl halides is 3. The van der Waals surface area contributed by atoms with Crippen LogP contribution < -0.4 is 16.0 Å². The van der Waals surface area contributed by atoms with Crippen LogP contribution in [0.2, 0.25) is 0 Å². The van der Waals surface area contributed by atoms with Crippen molar-refractivity contribution in [2.45, 2.75) is 57.6 Å². The summed E-state index contributed by atoms with van der Waals surface area (Å²) in [7, 11) is 0. The van der Waals surface area contributed by atoms with E-state index in [9.17, 15) is 13.2 Å². The van der Waals surface area contributed by atoms with Crippen molar-refractivity contribution in [2.75, 3.05) is 36.9 Å². The molecule has 4 heterocycles. The molecule has 3 atom stereocenters. The molecule has 0 amide bonds. The first-order chi connectivity index (χ1) is 19.5. The highest BCUT2D eigenvalue weighted by Crippen LogP contribution is 2.39. The molecule has 41 heavy (non-hydrogen) atoms. The van der Waals surface area contributed by atoms with Crippen molar-refractivity contribution in [1.29, 1.82) is 0 Å². The van der Waals surface area contributed by atoms with Crippen LogP contribution in [-0.4, -0.2) is 60.4 Å². The molecule has 1 aromatic heterocycles. The highest BCUT2D eigenvalue weighted by Gasteiger charge is 2.40. The Bertz CT molecular complexity index is 1320. The van der Waals surface area contributed by atoms with Crippen LogP contribution in [0, 0.1) is 12.8 Å². The number of anilines is 2. The summed E-state index contributed by atoms with van der Waals surface area (Å²) in [5, 5.41) is 9.75. The van der Waals surface area contributed by atoms with E-state index in [-0.39, 0.29) is 17.7 Å². The summed E-state index contributed by atoms with van der Waals surface area (Å²) in [5.74, 6) is 0.648. The lowest BCUT2D eigenvalue weighted by Gasteiger charge is -2.35. The van der Waals surface area contributed by atoms with Crippen molar-refractivity contribution in [2.24, 2.45) is 4.99 Å². The second-order valence-corrected chi connectivity index (χ2v) is 11.3. The normalized spacial score (nSPS) is 22.6. The first-order valence-corrected chi connectivity index (χ1v) is 13.6. The van der Waals surface area contributed by atoms with Gasteiger partial charge in [-0.2, -0.15) is 13.2 Å². The van der Waals surface area contributed by atoms with E-state index in [1.165, 1.54) is 12.3 Å². The van der Waals surface area contributed by atoms with Crippen LogP contribution >= 0.6 is 0 Å². The molecule has 3 aliphatic heterocycles. The molecule has 0 bridgehead atoms. The second kappa shape index (κ2) is 12.4. The first-order valence-electron chi connectivity index (χ1n) is 13.6. The fourth-order valence-corrected chi connectivity index (χ4v) is 5.06. The lowest BCUT2D eigenvalue weighted by Crippen LogP contribution is -2.46. The molecule has 0 saturated carbocycles. The van der Waals surface area contributed by atoms with Gasteiger partial charge in [0.1, 0.15) is 12.0 Å². The van der Waals surface area contributed by atoms with E-state index >= 15 is 0 Å². The zero-order valence-corrected chi connectivity index (χ0v) is 23.8. The Labute approximate surface area is 240 Å². The number of terminal acetylenes is 1. The van der Waals surface area contributed by atoms with Gasteiger partial charge in [0.15, 0.2) is 0 Å². The number of aliphatic imine (C=N–C) groups is 1. The smallest absolute Gasteiger partial charge is 0.380 e. The van der Waals surface area contributed by atoms with Crippen LogP contribution in [0.4, 0.5) is 24.5 Å². The van der Waals surface area contributed by atoms with Gasteiger partial charge in [0.05, 0.1) is 36.2 Å². The van der Waals surface area contributed by atoms with Gasteiger partial charge in [0, 0.05) is 42.0 Å². The Morgan fingerprint density at radius 2 is 1.93 bits per heavy atom. The number of dihydropyridines is 1. The fraction of sp³-hybridized carbons (Fsp3) is 0.419. The summed E-state index contributed by atoms with van der Waals surface area (Å²) in [6.45, 7) is 11.3. The Kier molecular flexibility index (Phi) is 9.10. The first kappa shape index (κ1) is 30.2. The number of morpholine rings is 1. The van der Waals surface area contributed by atoms with Gasteiger partial charge in [-0.1, -0.05) is 32.9 Å². The molecule has 7 nitrogen and oxygen atoms in total. The molecule has 1 aromatic carbocycles. The van der Waals surface area contributed by atoms with E-state index in [0.717, 1.165) is 41.8 Å². The van der Waals surface area contributed by atoms with Crippen LogP contribution in [-0.2, 0) is 10.2 Å². The van der Waals surface area contributed by atoms with Gasteiger partial charge >= 0.3 is 6.18 Å². The minimum atomic E-state index is -4.44. The summed E-state index contributed by atoms with van der Waals surface area (Å²) in [5.41, 5.74) is 3.11. The van der Waals surface area contributed by atoms with Crippen molar-refractivity contribution >= 4 is 17.2 Å². The number of pyridine rings is 1. The average Bonchev–Trinajstić information content (AvgIpc) is 2.93. The average molecular weight is 567 g/mol. The minimum Gasteiger partial charge on any atom is -0.380 e. The highest BCUT2D eigenvalue weighted by molar-refractivity contribution is 6.12. The summed E-state index contributed by atoms with van der Waals surface area (Å²) in [6.07, 6.45) is 9.23. The van der Waals surface area contributed by atoms with Gasteiger partial charge in [0.2, 0.25) is 0 Å². The maximum atomic E-state index is 13.8. The number of ether oxygens (including phenoxy) is 1. The molecule has 2 unspecified atom stereocenters. The number of hydrogen-bond donors (Lipinski definition) is 3. The molecule has 1 fully saturated rings. The van der Waals surface area contributed by atoms with Crippen LogP contribution in [0.25, 0.3) is 0 Å². The van der Waals surface area contributed by atoms with Crippen molar-refractivity contribution in [3.63, 3.8) is 0 Å². The van der Waals surface area contributed by atoms with Gasteiger partial charge in [0.25, 0.3) is 0 Å². The number of aromatic nitrogens is 1. The summed E-state index contributed by atoms with van der Waals surface area (Å²) in [4.78, 5) is 11.9. The molecule has 3 N–H and O–H groups in total. The summed E-state index contributed by atoms with van der Waals surface area (Å²) >= 11 is 0. The van der Waals surface area contributed by atoms with Gasteiger partial charge in [-0.3, -0.25) is 9.88 Å². The molecule has 5 rings (SSSR count). The molecule has 1 saturated heterocycles. The van der Waals surface area contributed by atoms with Crippen molar-refractivity contribution in [3.05, 3.63) is 77.3 Å². The number of allylic oxidation sites excluding steroid dienone is 2. The minimum absolute atomic E-state index is 0.0692. The molecular formula is C31H37F3N6O. The van der Waals surface area contributed by atoms with Crippen LogP contribution in [0.5, 0.6) is 0 Å². The molecular weight excluding hydrogens is 529 g/mol. The summed E-state index contributed by atoms with van der Waals surface area (Å²) in [6, 6.07) is 8.31. The zero-order chi connectivity index (χ0) is 29.8. The van der Waals surface area contributed by atoms with Gasteiger partial charge in [-0.15, -0.1) is 12.8 Å². The van der Waals surface area contributed by atoms with Crippen molar-refractivity contribution in [3.8, 4) is 12.8 Å². The number of nitrogens with one attached hydrogen (secondary N) is 3.